The van der Waals surface area contributed by atoms with E-state index in [1.807, 2.05) is 0 Å². The molecular weight excluding hydrogens is 394 g/mol. The molecule has 29 heavy (non-hydrogen) atoms. The van der Waals surface area contributed by atoms with Gasteiger partial charge in [-0.05, 0) is 23.2 Å². The monoisotopic (exact) mass is 411 g/mol. The SMILES string of the molecule is O=C(c1cccc([N+](=O)[O-])c1)[C@@H](C([S-])=NCc1ccco1)[n+]1cccc(CO)c1. The zero-order valence-electron chi connectivity index (χ0n) is 15.2. The van der Waals surface area contributed by atoms with E-state index < -0.39 is 16.7 Å². The highest BCUT2D eigenvalue weighted by Crippen LogP contribution is 2.18. The molecule has 2 aromatic heterocycles. The first-order valence-electron chi connectivity index (χ1n) is 8.62. The summed E-state index contributed by atoms with van der Waals surface area (Å²) in [5, 5.41) is 20.6. The van der Waals surface area contributed by atoms with Crippen LogP contribution < -0.4 is 4.57 Å². The zero-order valence-corrected chi connectivity index (χ0v) is 16.0. The van der Waals surface area contributed by atoms with Crippen LogP contribution in [-0.4, -0.2) is 20.9 Å². The average molecular weight is 411 g/mol. The van der Waals surface area contributed by atoms with Crippen LogP contribution in [0, 0.1) is 10.1 Å². The Morgan fingerprint density at radius 3 is 2.79 bits per heavy atom. The third kappa shape index (κ3) is 4.89. The summed E-state index contributed by atoms with van der Waals surface area (Å²) in [6.45, 7) is -0.0559. The van der Waals surface area contributed by atoms with Crippen molar-refractivity contribution in [2.45, 2.75) is 19.2 Å². The van der Waals surface area contributed by atoms with Crippen molar-refractivity contribution in [3.05, 3.63) is 94.2 Å². The van der Waals surface area contributed by atoms with Crippen LogP contribution in [0.4, 0.5) is 5.69 Å². The fourth-order valence-electron chi connectivity index (χ4n) is 2.75. The molecule has 0 aliphatic rings. The van der Waals surface area contributed by atoms with E-state index in [4.69, 9.17) is 17.0 Å². The number of rotatable bonds is 8. The van der Waals surface area contributed by atoms with Crippen molar-refractivity contribution in [1.82, 2.24) is 0 Å². The van der Waals surface area contributed by atoms with Gasteiger partial charge in [0.05, 0.1) is 24.3 Å². The maximum atomic E-state index is 13.2. The van der Waals surface area contributed by atoms with Crippen LogP contribution in [0.3, 0.4) is 0 Å². The number of furan rings is 1. The van der Waals surface area contributed by atoms with Crippen LogP contribution in [0.2, 0.25) is 0 Å². The second kappa shape index (κ2) is 9.18. The lowest BCUT2D eigenvalue weighted by Crippen LogP contribution is -2.48. The van der Waals surface area contributed by atoms with Gasteiger partial charge < -0.3 is 27.1 Å². The highest BCUT2D eigenvalue weighted by Gasteiger charge is 2.29. The molecule has 2 heterocycles. The molecule has 0 radical (unpaired) electrons. The van der Waals surface area contributed by atoms with Crippen LogP contribution in [-0.2, 0) is 25.8 Å². The summed E-state index contributed by atoms with van der Waals surface area (Å²) in [6.07, 6.45) is 4.74. The number of nitrogens with zero attached hydrogens (tertiary/aromatic N) is 3. The topological polar surface area (TPSA) is 110 Å². The van der Waals surface area contributed by atoms with Gasteiger partial charge in [-0.1, -0.05) is 12.1 Å². The Kier molecular flexibility index (Phi) is 6.43. The first-order valence-corrected chi connectivity index (χ1v) is 9.03. The van der Waals surface area contributed by atoms with E-state index in [1.54, 1.807) is 41.2 Å². The minimum atomic E-state index is -1.01. The molecule has 0 fully saturated rings. The van der Waals surface area contributed by atoms with E-state index in [-0.39, 0.29) is 29.4 Å². The molecule has 0 saturated carbocycles. The molecule has 0 saturated heterocycles. The van der Waals surface area contributed by atoms with Crippen LogP contribution in [0.15, 0.2) is 76.6 Å². The first kappa shape index (κ1) is 20.3. The molecule has 0 aliphatic carbocycles. The van der Waals surface area contributed by atoms with Gasteiger partial charge in [0, 0.05) is 29.3 Å². The quantitative estimate of drug-likeness (QED) is 0.116. The number of benzene rings is 1. The van der Waals surface area contributed by atoms with Gasteiger partial charge in [-0.25, -0.2) is 0 Å². The lowest BCUT2D eigenvalue weighted by Gasteiger charge is -2.19. The van der Waals surface area contributed by atoms with Gasteiger partial charge in [-0.15, -0.1) is 0 Å². The number of aliphatic imine (C=N–C) groups is 1. The number of aliphatic hydroxyl groups excluding tert-OH is 1. The molecule has 1 N–H and O–H groups in total. The van der Waals surface area contributed by atoms with Gasteiger partial charge in [0.1, 0.15) is 5.76 Å². The Morgan fingerprint density at radius 2 is 2.10 bits per heavy atom. The molecule has 0 bridgehead atoms. The summed E-state index contributed by atoms with van der Waals surface area (Å²) in [7, 11) is 0. The predicted molar refractivity (Wildman–Crippen MR) is 106 cm³/mol. The number of hydrogen-bond acceptors (Lipinski definition) is 7. The molecule has 148 valence electrons. The molecule has 1 atom stereocenters. The second-order valence-electron chi connectivity index (χ2n) is 6.13. The molecule has 0 amide bonds. The van der Waals surface area contributed by atoms with E-state index in [2.05, 4.69) is 4.99 Å². The van der Waals surface area contributed by atoms with Crippen molar-refractivity contribution in [1.29, 1.82) is 0 Å². The lowest BCUT2D eigenvalue weighted by molar-refractivity contribution is -0.692. The van der Waals surface area contributed by atoms with Crippen LogP contribution in [0.5, 0.6) is 0 Å². The number of hydrogen-bond donors (Lipinski definition) is 1. The smallest absolute Gasteiger partial charge is 0.270 e. The van der Waals surface area contributed by atoms with E-state index in [9.17, 15) is 20.0 Å². The number of nitro groups is 1. The molecule has 0 aliphatic heterocycles. The van der Waals surface area contributed by atoms with Gasteiger partial charge in [-0.3, -0.25) is 14.9 Å². The number of non-ortho nitro benzene ring substituents is 1. The van der Waals surface area contributed by atoms with Gasteiger partial charge in [0.25, 0.3) is 5.69 Å². The summed E-state index contributed by atoms with van der Waals surface area (Å²) in [5.41, 5.74) is 0.530. The van der Waals surface area contributed by atoms with Crippen LogP contribution in [0.25, 0.3) is 0 Å². The Hall–Kier alpha value is -3.43. The van der Waals surface area contributed by atoms with E-state index >= 15 is 0 Å². The van der Waals surface area contributed by atoms with E-state index in [1.165, 1.54) is 30.5 Å². The Bertz CT molecular complexity index is 1050. The molecule has 0 spiro atoms. The second-order valence-corrected chi connectivity index (χ2v) is 6.54. The first-order chi connectivity index (χ1) is 14.0. The molecule has 8 nitrogen and oxygen atoms in total. The van der Waals surface area contributed by atoms with Crippen molar-refractivity contribution < 1.29 is 23.8 Å². The standard InChI is InChI=1S/C20H17N3O5S/c24-13-14-4-2-8-22(12-14)18(20(29)21-11-17-7-3-9-28-17)19(25)15-5-1-6-16(10-15)23(26)27/h1-10,12,18,24H,11,13H2/t18-/m0/s1. The van der Waals surface area contributed by atoms with Gasteiger partial charge in [0.15, 0.2) is 12.4 Å². The maximum Gasteiger partial charge on any atom is 0.270 e. The van der Waals surface area contributed by atoms with Crippen LogP contribution >= 0.6 is 0 Å². The number of pyridine rings is 1. The minimum absolute atomic E-state index is 0.0954. The Morgan fingerprint density at radius 1 is 1.28 bits per heavy atom. The molecule has 3 rings (SSSR count). The number of nitro benzene ring substituents is 1. The number of ketones is 1. The summed E-state index contributed by atoms with van der Waals surface area (Å²) < 4.78 is 6.78. The van der Waals surface area contributed by atoms with E-state index in [0.717, 1.165) is 0 Å². The van der Waals surface area contributed by atoms with Crippen molar-refractivity contribution >= 4 is 29.1 Å². The Labute approximate surface area is 171 Å². The molecule has 0 unspecified atom stereocenters. The molecule has 1 aromatic carbocycles. The maximum absolute atomic E-state index is 13.2. The van der Waals surface area contributed by atoms with Crippen molar-refractivity contribution in [3.63, 3.8) is 0 Å². The van der Waals surface area contributed by atoms with Crippen molar-refractivity contribution in [2.75, 3.05) is 0 Å². The van der Waals surface area contributed by atoms with Crippen LogP contribution in [0.1, 0.15) is 27.7 Å². The van der Waals surface area contributed by atoms with Gasteiger partial charge in [0.2, 0.25) is 11.8 Å². The fraction of sp³-hybridized carbons (Fsp3) is 0.150. The highest BCUT2D eigenvalue weighted by molar-refractivity contribution is 7.77. The third-order valence-corrected chi connectivity index (χ3v) is 4.51. The minimum Gasteiger partial charge on any atom is -0.758 e. The summed E-state index contributed by atoms with van der Waals surface area (Å²) in [6, 6.07) is 11.3. The number of aliphatic hydroxyl groups is 1. The van der Waals surface area contributed by atoms with Gasteiger partial charge >= 0.3 is 0 Å². The number of aromatic nitrogens is 1. The number of carbonyl (C=O) groups excluding carboxylic acids is 1. The molecular formula is C20H17N3O5S. The molecule has 9 heteroatoms. The van der Waals surface area contributed by atoms with Crippen molar-refractivity contribution in [2.24, 2.45) is 4.99 Å². The van der Waals surface area contributed by atoms with Gasteiger partial charge in [-0.2, -0.15) is 4.57 Å². The number of carbonyl (C=O) groups is 1. The summed E-state index contributed by atoms with van der Waals surface area (Å²) in [4.78, 5) is 28.1. The lowest BCUT2D eigenvalue weighted by atomic mass is 10.0. The summed E-state index contributed by atoms with van der Waals surface area (Å²) in [5.74, 6) is 0.144. The summed E-state index contributed by atoms with van der Waals surface area (Å²) >= 11 is 5.42. The van der Waals surface area contributed by atoms with E-state index in [0.29, 0.717) is 11.3 Å². The Balaban J connectivity index is 2.01. The third-order valence-electron chi connectivity index (χ3n) is 4.16. The number of Topliss-reactive ketones (excluding diaryl/α,β-unsaturated/α-hetero) is 1. The largest absolute Gasteiger partial charge is 0.758 e. The van der Waals surface area contributed by atoms with Crippen molar-refractivity contribution in [3.8, 4) is 0 Å². The zero-order chi connectivity index (χ0) is 20.8. The fourth-order valence-corrected chi connectivity index (χ4v) is 3.04. The average Bonchev–Trinajstić information content (AvgIpc) is 3.26. The predicted octanol–water partition coefficient (Wildman–Crippen LogP) is 2.54. The highest BCUT2D eigenvalue weighted by atomic mass is 32.1. The molecule has 3 aromatic rings. The normalized spacial score (nSPS) is 12.5.